The highest BCUT2D eigenvalue weighted by Crippen LogP contribution is 2.34. The number of rotatable bonds is 9. The molecule has 0 aliphatic carbocycles. The molecule has 2 aromatic heterocycles. The number of hydrogen-bond donors (Lipinski definition) is 4. The number of hydrogen-bond acceptors (Lipinski definition) is 7. The van der Waals surface area contributed by atoms with E-state index in [9.17, 15) is 14.7 Å². The summed E-state index contributed by atoms with van der Waals surface area (Å²) < 4.78 is 1.87. The Kier molecular flexibility index (Phi) is 7.64. The van der Waals surface area contributed by atoms with Crippen LogP contribution in [0.5, 0.6) is 0 Å². The standard InChI is InChI=1S/C26H30N6O3S/c1-16-23(36-20-6-7-21(28-2)19(11-20)13-27)12-22(31(16)3)25(33)30-14-17-5-4-9-29-24(17)32-10-8-18(15-32)26(34)35/h4-7,9,11-13,18,27-28H,8,10,14-15H2,1-3H3,(H,30,33)(H,34,35). The third-order valence-electron chi connectivity index (χ3n) is 6.54. The molecule has 0 bridgehead atoms. The Morgan fingerprint density at radius 2 is 2.11 bits per heavy atom. The Morgan fingerprint density at radius 1 is 1.31 bits per heavy atom. The molecule has 1 saturated heterocycles. The number of aliphatic carboxylic acids is 1. The summed E-state index contributed by atoms with van der Waals surface area (Å²) in [5.41, 5.74) is 4.06. The van der Waals surface area contributed by atoms with Gasteiger partial charge in [0.15, 0.2) is 0 Å². The molecule has 0 radical (unpaired) electrons. The van der Waals surface area contributed by atoms with Gasteiger partial charge in [-0.05, 0) is 43.7 Å². The van der Waals surface area contributed by atoms with Crippen molar-refractivity contribution in [2.24, 2.45) is 13.0 Å². The van der Waals surface area contributed by atoms with Gasteiger partial charge < -0.3 is 30.6 Å². The lowest BCUT2D eigenvalue weighted by molar-refractivity contribution is -0.140. The molecule has 9 nitrogen and oxygen atoms in total. The van der Waals surface area contributed by atoms with Crippen LogP contribution in [0.1, 0.15) is 33.7 Å². The predicted molar refractivity (Wildman–Crippen MR) is 142 cm³/mol. The highest BCUT2D eigenvalue weighted by molar-refractivity contribution is 7.99. The van der Waals surface area contributed by atoms with E-state index in [1.807, 2.05) is 66.9 Å². The number of nitrogens with one attached hydrogen (secondary N) is 3. The first-order valence-electron chi connectivity index (χ1n) is 11.7. The zero-order valence-electron chi connectivity index (χ0n) is 20.5. The molecule has 1 unspecified atom stereocenters. The molecular formula is C26H30N6O3S. The third kappa shape index (κ3) is 5.23. The number of benzene rings is 1. The average molecular weight is 507 g/mol. The van der Waals surface area contributed by atoms with Crippen molar-refractivity contribution in [1.29, 1.82) is 5.41 Å². The molecule has 0 spiro atoms. The first-order valence-corrected chi connectivity index (χ1v) is 12.5. The van der Waals surface area contributed by atoms with Crippen molar-refractivity contribution in [3.8, 4) is 0 Å². The van der Waals surface area contributed by atoms with Crippen LogP contribution in [0.2, 0.25) is 0 Å². The van der Waals surface area contributed by atoms with Gasteiger partial charge in [0.05, 0.1) is 5.92 Å². The minimum Gasteiger partial charge on any atom is -0.481 e. The number of carbonyl (C=O) groups excluding carboxylic acids is 1. The van der Waals surface area contributed by atoms with Gasteiger partial charge in [0.1, 0.15) is 11.5 Å². The number of carboxylic acids is 1. The van der Waals surface area contributed by atoms with Gasteiger partial charge in [-0.25, -0.2) is 4.98 Å². The highest BCUT2D eigenvalue weighted by Gasteiger charge is 2.29. The maximum atomic E-state index is 13.1. The Balaban J connectivity index is 1.47. The second kappa shape index (κ2) is 10.9. The smallest absolute Gasteiger partial charge is 0.308 e. The summed E-state index contributed by atoms with van der Waals surface area (Å²) in [6, 6.07) is 11.5. The Hall–Kier alpha value is -3.79. The Bertz CT molecular complexity index is 1300. The number of pyridine rings is 1. The monoisotopic (exact) mass is 506 g/mol. The summed E-state index contributed by atoms with van der Waals surface area (Å²) in [5.74, 6) is -0.671. The molecule has 1 aliphatic rings. The molecule has 3 heterocycles. The largest absolute Gasteiger partial charge is 0.481 e. The van der Waals surface area contributed by atoms with E-state index < -0.39 is 11.9 Å². The van der Waals surface area contributed by atoms with Crippen LogP contribution in [0.4, 0.5) is 11.5 Å². The van der Waals surface area contributed by atoms with Gasteiger partial charge in [0.2, 0.25) is 0 Å². The van der Waals surface area contributed by atoms with Crippen molar-refractivity contribution < 1.29 is 14.7 Å². The van der Waals surface area contributed by atoms with Gasteiger partial charge in [-0.2, -0.15) is 0 Å². The predicted octanol–water partition coefficient (Wildman–Crippen LogP) is 3.76. The lowest BCUT2D eigenvalue weighted by Gasteiger charge is -2.20. The molecule has 1 fully saturated rings. The van der Waals surface area contributed by atoms with Crippen LogP contribution in [0.3, 0.4) is 0 Å². The van der Waals surface area contributed by atoms with E-state index in [0.29, 0.717) is 31.0 Å². The lowest BCUT2D eigenvalue weighted by atomic mass is 10.1. The number of carboxylic acid groups (broad SMARTS) is 1. The molecule has 4 rings (SSSR count). The molecule has 3 aromatic rings. The van der Waals surface area contributed by atoms with E-state index >= 15 is 0 Å². The van der Waals surface area contributed by atoms with E-state index in [1.165, 1.54) is 6.21 Å². The summed E-state index contributed by atoms with van der Waals surface area (Å²) in [6.45, 7) is 3.31. The van der Waals surface area contributed by atoms with Crippen molar-refractivity contribution in [2.75, 3.05) is 30.4 Å². The Morgan fingerprint density at radius 3 is 2.81 bits per heavy atom. The van der Waals surface area contributed by atoms with Crippen LogP contribution in [0.15, 0.2) is 52.4 Å². The number of nitrogens with zero attached hydrogens (tertiary/aromatic N) is 3. The van der Waals surface area contributed by atoms with Crippen molar-refractivity contribution in [3.05, 3.63) is 65.1 Å². The van der Waals surface area contributed by atoms with Crippen molar-refractivity contribution in [1.82, 2.24) is 14.9 Å². The zero-order valence-corrected chi connectivity index (χ0v) is 21.4. The first kappa shape index (κ1) is 25.3. The van der Waals surface area contributed by atoms with Gasteiger partial charge in [-0.1, -0.05) is 17.8 Å². The fourth-order valence-corrected chi connectivity index (χ4v) is 5.38. The number of aromatic nitrogens is 2. The summed E-state index contributed by atoms with van der Waals surface area (Å²) >= 11 is 1.55. The Labute approximate surface area is 214 Å². The minimum absolute atomic E-state index is 0.196. The number of carbonyl (C=O) groups is 2. The van der Waals surface area contributed by atoms with Crippen molar-refractivity contribution in [2.45, 2.75) is 29.7 Å². The van der Waals surface area contributed by atoms with E-state index in [2.05, 4.69) is 15.6 Å². The second-order valence-corrected chi connectivity index (χ2v) is 9.84. The molecule has 188 valence electrons. The average Bonchev–Trinajstić information content (AvgIpc) is 3.49. The minimum atomic E-state index is -0.789. The zero-order chi connectivity index (χ0) is 25.8. The van der Waals surface area contributed by atoms with Crippen LogP contribution in [0, 0.1) is 18.3 Å². The summed E-state index contributed by atoms with van der Waals surface area (Å²) in [6.07, 6.45) is 3.59. The molecule has 1 aliphatic heterocycles. The van der Waals surface area contributed by atoms with E-state index in [-0.39, 0.29) is 12.5 Å². The van der Waals surface area contributed by atoms with Gasteiger partial charge in [0.25, 0.3) is 5.91 Å². The second-order valence-electron chi connectivity index (χ2n) is 8.72. The SMILES string of the molecule is CNc1ccc(Sc2cc(C(=O)NCc3cccnc3N3CCC(C(=O)O)C3)n(C)c2C)cc1C=N. The maximum Gasteiger partial charge on any atom is 0.308 e. The van der Waals surface area contributed by atoms with Crippen LogP contribution < -0.4 is 15.5 Å². The number of amides is 1. The lowest BCUT2D eigenvalue weighted by Crippen LogP contribution is -2.28. The van der Waals surface area contributed by atoms with Crippen LogP contribution in [-0.2, 0) is 18.4 Å². The van der Waals surface area contributed by atoms with Crippen molar-refractivity contribution in [3.63, 3.8) is 0 Å². The van der Waals surface area contributed by atoms with Gasteiger partial charge in [-0.15, -0.1) is 0 Å². The summed E-state index contributed by atoms with van der Waals surface area (Å²) in [5, 5.41) is 23.1. The normalized spacial score (nSPS) is 15.1. The van der Waals surface area contributed by atoms with Gasteiger partial charge in [-0.3, -0.25) is 9.59 Å². The van der Waals surface area contributed by atoms with E-state index in [1.54, 1.807) is 18.0 Å². The maximum absolute atomic E-state index is 13.1. The van der Waals surface area contributed by atoms with E-state index in [0.717, 1.165) is 32.3 Å². The molecule has 0 saturated carbocycles. The van der Waals surface area contributed by atoms with Crippen molar-refractivity contribution >= 4 is 41.4 Å². The summed E-state index contributed by atoms with van der Waals surface area (Å²) in [7, 11) is 3.70. The molecule has 1 aromatic carbocycles. The molecular weight excluding hydrogens is 476 g/mol. The van der Waals surface area contributed by atoms with E-state index in [4.69, 9.17) is 5.41 Å². The first-order chi connectivity index (χ1) is 17.3. The third-order valence-corrected chi connectivity index (χ3v) is 7.66. The number of anilines is 2. The molecule has 36 heavy (non-hydrogen) atoms. The highest BCUT2D eigenvalue weighted by atomic mass is 32.2. The molecule has 1 amide bonds. The quantitative estimate of drug-likeness (QED) is 0.326. The fourth-order valence-electron chi connectivity index (χ4n) is 4.34. The van der Waals surface area contributed by atoms with Crippen LogP contribution in [0.25, 0.3) is 0 Å². The molecule has 1 atom stereocenters. The van der Waals surface area contributed by atoms with Crippen LogP contribution in [-0.4, -0.2) is 52.9 Å². The van der Waals surface area contributed by atoms with Gasteiger partial charge in [0, 0.05) is 78.4 Å². The molecule has 4 N–H and O–H groups in total. The summed E-state index contributed by atoms with van der Waals surface area (Å²) in [4.78, 5) is 32.9. The van der Waals surface area contributed by atoms with Crippen LogP contribution >= 0.6 is 11.8 Å². The van der Waals surface area contributed by atoms with Gasteiger partial charge >= 0.3 is 5.97 Å². The topological polar surface area (TPSA) is 123 Å². The fraction of sp³-hybridized carbons (Fsp3) is 0.308. The molecule has 10 heteroatoms.